The van der Waals surface area contributed by atoms with Gasteiger partial charge in [0.2, 0.25) is 0 Å². The van der Waals surface area contributed by atoms with Crippen LogP contribution in [-0.2, 0) is 0 Å². The topological polar surface area (TPSA) is 0 Å². The van der Waals surface area contributed by atoms with Crippen LogP contribution in [0, 0.1) is 5.41 Å². The molecule has 0 heteroatoms. The van der Waals surface area contributed by atoms with Crippen molar-refractivity contribution in [3.63, 3.8) is 0 Å². The van der Waals surface area contributed by atoms with E-state index in [1.165, 1.54) is 36.0 Å². The smallest absolute Gasteiger partial charge is 0.0136 e. The van der Waals surface area contributed by atoms with E-state index in [2.05, 4.69) is 76.3 Å². The average molecular weight is 266 g/mol. The molecule has 0 heterocycles. The minimum absolute atomic E-state index is 0.374. The Morgan fingerprint density at radius 2 is 1.85 bits per heavy atom. The van der Waals surface area contributed by atoms with E-state index in [1.807, 2.05) is 0 Å². The van der Waals surface area contributed by atoms with Crippen LogP contribution in [0.4, 0.5) is 0 Å². The molecule has 0 N–H and O–H groups in total. The third-order valence-corrected chi connectivity index (χ3v) is 4.51. The number of benzene rings is 1. The van der Waals surface area contributed by atoms with Crippen molar-refractivity contribution in [2.75, 3.05) is 0 Å². The molecule has 0 nitrogen and oxygen atoms in total. The molecular weight excluding hydrogens is 240 g/mol. The van der Waals surface area contributed by atoms with Gasteiger partial charge in [-0.2, -0.15) is 0 Å². The van der Waals surface area contributed by atoms with E-state index >= 15 is 0 Å². The first-order chi connectivity index (χ1) is 9.54. The zero-order chi connectivity index (χ0) is 14.6. The quantitative estimate of drug-likeness (QED) is 0.613. The molecule has 1 aromatic rings. The average Bonchev–Trinajstić information content (AvgIpc) is 2.43. The molecule has 0 aliphatic heterocycles. The van der Waals surface area contributed by atoms with Crippen molar-refractivity contribution in [2.24, 2.45) is 5.41 Å². The summed E-state index contributed by atoms with van der Waals surface area (Å²) in [5.41, 5.74) is 6.29. The SMILES string of the molecule is CCC1=C(C)/C(=C/C=C/c2ccccc2)CCC1(C)C. The van der Waals surface area contributed by atoms with Gasteiger partial charge in [0, 0.05) is 0 Å². The first-order valence-corrected chi connectivity index (χ1v) is 7.67. The van der Waals surface area contributed by atoms with Gasteiger partial charge in [-0.25, -0.2) is 0 Å². The van der Waals surface area contributed by atoms with Gasteiger partial charge in [0.15, 0.2) is 0 Å². The fourth-order valence-corrected chi connectivity index (χ4v) is 3.28. The molecule has 0 bridgehead atoms. The normalized spacial score (nSPS) is 20.9. The van der Waals surface area contributed by atoms with Gasteiger partial charge in [0.25, 0.3) is 0 Å². The Balaban J connectivity index is 2.21. The molecule has 106 valence electrons. The third-order valence-electron chi connectivity index (χ3n) is 4.51. The first kappa shape index (κ1) is 14.8. The summed E-state index contributed by atoms with van der Waals surface area (Å²) >= 11 is 0. The molecule has 1 aromatic carbocycles. The predicted molar refractivity (Wildman–Crippen MR) is 89.6 cm³/mol. The summed E-state index contributed by atoms with van der Waals surface area (Å²) in [4.78, 5) is 0. The van der Waals surface area contributed by atoms with E-state index in [9.17, 15) is 0 Å². The maximum atomic E-state index is 2.38. The van der Waals surface area contributed by atoms with Crippen LogP contribution >= 0.6 is 0 Å². The fraction of sp³-hybridized carbons (Fsp3) is 0.400. The van der Waals surface area contributed by atoms with Gasteiger partial charge in [-0.3, -0.25) is 0 Å². The van der Waals surface area contributed by atoms with Gasteiger partial charge in [0.05, 0.1) is 0 Å². The Morgan fingerprint density at radius 1 is 1.15 bits per heavy atom. The van der Waals surface area contributed by atoms with Crippen molar-refractivity contribution < 1.29 is 0 Å². The highest BCUT2D eigenvalue weighted by molar-refractivity contribution is 5.52. The van der Waals surface area contributed by atoms with E-state index in [4.69, 9.17) is 0 Å². The van der Waals surface area contributed by atoms with Crippen molar-refractivity contribution in [1.82, 2.24) is 0 Å². The maximum absolute atomic E-state index is 2.38. The Hall–Kier alpha value is -1.56. The van der Waals surface area contributed by atoms with Gasteiger partial charge in [-0.15, -0.1) is 0 Å². The van der Waals surface area contributed by atoms with Crippen LogP contribution in [0.3, 0.4) is 0 Å². The maximum Gasteiger partial charge on any atom is -0.0136 e. The minimum Gasteiger partial charge on any atom is -0.0622 e. The molecule has 1 aliphatic carbocycles. The fourth-order valence-electron chi connectivity index (χ4n) is 3.28. The van der Waals surface area contributed by atoms with E-state index in [-0.39, 0.29) is 0 Å². The molecular formula is C20H26. The third kappa shape index (κ3) is 3.30. The highest BCUT2D eigenvalue weighted by Crippen LogP contribution is 2.43. The molecule has 0 atom stereocenters. The summed E-state index contributed by atoms with van der Waals surface area (Å²) < 4.78 is 0. The van der Waals surface area contributed by atoms with Gasteiger partial charge in [-0.05, 0) is 48.3 Å². The van der Waals surface area contributed by atoms with Crippen LogP contribution in [0.5, 0.6) is 0 Å². The lowest BCUT2D eigenvalue weighted by Gasteiger charge is -2.35. The number of allylic oxidation sites excluding steroid dienone is 5. The van der Waals surface area contributed by atoms with Crippen LogP contribution < -0.4 is 0 Å². The van der Waals surface area contributed by atoms with Crippen LogP contribution in [0.15, 0.2) is 59.2 Å². The molecule has 1 aliphatic rings. The molecule has 20 heavy (non-hydrogen) atoms. The monoisotopic (exact) mass is 266 g/mol. The Morgan fingerprint density at radius 3 is 2.50 bits per heavy atom. The highest BCUT2D eigenvalue weighted by Gasteiger charge is 2.28. The van der Waals surface area contributed by atoms with E-state index in [1.54, 1.807) is 5.57 Å². The number of rotatable bonds is 3. The van der Waals surface area contributed by atoms with Gasteiger partial charge in [-0.1, -0.05) is 74.9 Å². The lowest BCUT2D eigenvalue weighted by Crippen LogP contribution is -2.21. The summed E-state index contributed by atoms with van der Waals surface area (Å²) in [7, 11) is 0. The van der Waals surface area contributed by atoms with Crippen LogP contribution in [0.2, 0.25) is 0 Å². The van der Waals surface area contributed by atoms with E-state index in [0.29, 0.717) is 5.41 Å². The summed E-state index contributed by atoms with van der Waals surface area (Å²) in [6.45, 7) is 9.34. The molecule has 0 unspecified atom stereocenters. The second kappa shape index (κ2) is 6.26. The predicted octanol–water partition coefficient (Wildman–Crippen LogP) is 6.17. The Bertz CT molecular complexity index is 539. The van der Waals surface area contributed by atoms with Crippen molar-refractivity contribution in [1.29, 1.82) is 0 Å². The zero-order valence-electron chi connectivity index (χ0n) is 13.2. The van der Waals surface area contributed by atoms with Crippen molar-refractivity contribution in [3.05, 3.63) is 64.8 Å². The molecule has 0 spiro atoms. The van der Waals surface area contributed by atoms with Crippen LogP contribution in [0.25, 0.3) is 6.08 Å². The number of hydrogen-bond donors (Lipinski definition) is 0. The molecule has 0 amide bonds. The van der Waals surface area contributed by atoms with E-state index in [0.717, 1.165) is 0 Å². The van der Waals surface area contributed by atoms with E-state index < -0.39 is 0 Å². The summed E-state index contributed by atoms with van der Waals surface area (Å²) in [5.74, 6) is 0. The van der Waals surface area contributed by atoms with Crippen molar-refractivity contribution in [3.8, 4) is 0 Å². The van der Waals surface area contributed by atoms with Crippen LogP contribution in [0.1, 0.15) is 52.5 Å². The molecule has 0 aromatic heterocycles. The van der Waals surface area contributed by atoms with Gasteiger partial charge >= 0.3 is 0 Å². The molecule has 0 fully saturated rings. The second-order valence-corrected chi connectivity index (χ2v) is 6.30. The van der Waals surface area contributed by atoms with Crippen LogP contribution in [-0.4, -0.2) is 0 Å². The lowest BCUT2D eigenvalue weighted by molar-refractivity contribution is 0.380. The molecule has 0 saturated heterocycles. The Kier molecular flexibility index (Phi) is 4.65. The summed E-state index contributed by atoms with van der Waals surface area (Å²) in [6.07, 6.45) is 10.3. The minimum atomic E-state index is 0.374. The lowest BCUT2D eigenvalue weighted by atomic mass is 9.70. The molecule has 2 rings (SSSR count). The molecule has 0 saturated carbocycles. The molecule has 0 radical (unpaired) electrons. The Labute approximate surface area is 123 Å². The van der Waals surface area contributed by atoms with Gasteiger partial charge < -0.3 is 0 Å². The summed E-state index contributed by atoms with van der Waals surface area (Å²) in [6, 6.07) is 10.5. The first-order valence-electron chi connectivity index (χ1n) is 7.67. The highest BCUT2D eigenvalue weighted by atomic mass is 14.3. The second-order valence-electron chi connectivity index (χ2n) is 6.30. The van der Waals surface area contributed by atoms with Crippen molar-refractivity contribution >= 4 is 6.08 Å². The standard InChI is InChI=1S/C20H26/c1-5-19-16(2)18(14-15-20(19,3)4)13-9-12-17-10-7-6-8-11-17/h6-13H,5,14-15H2,1-4H3/b12-9+,18-13+. The zero-order valence-corrected chi connectivity index (χ0v) is 13.2. The van der Waals surface area contributed by atoms with Gasteiger partial charge in [0.1, 0.15) is 0 Å². The number of hydrogen-bond acceptors (Lipinski definition) is 0. The van der Waals surface area contributed by atoms with Crippen molar-refractivity contribution in [2.45, 2.75) is 47.0 Å². The largest absolute Gasteiger partial charge is 0.0622 e. The summed E-state index contributed by atoms with van der Waals surface area (Å²) in [5, 5.41) is 0.